The average molecular weight is 369 g/mol. The van der Waals surface area contributed by atoms with Crippen molar-refractivity contribution < 1.29 is 9.90 Å². The van der Waals surface area contributed by atoms with Crippen molar-refractivity contribution in [2.45, 2.75) is 54.4 Å². The average Bonchev–Trinajstić information content (AvgIpc) is 2.76. The van der Waals surface area contributed by atoms with E-state index in [2.05, 4.69) is 12.2 Å². The van der Waals surface area contributed by atoms with Crippen LogP contribution in [0.2, 0.25) is 0 Å². The Morgan fingerprint density at radius 1 is 0.889 bits per heavy atom. The van der Waals surface area contributed by atoms with E-state index in [9.17, 15) is 9.90 Å². The van der Waals surface area contributed by atoms with Crippen molar-refractivity contribution in [3.63, 3.8) is 0 Å². The number of allylic oxidation sites excluding steroid dienone is 8. The van der Waals surface area contributed by atoms with Crippen LogP contribution in [0.25, 0.3) is 6.08 Å². The van der Waals surface area contributed by atoms with Crippen molar-refractivity contribution in [2.75, 3.05) is 0 Å². The number of carbonyl (C=O) groups is 1. The summed E-state index contributed by atoms with van der Waals surface area (Å²) in [6.07, 6.45) is 15.9. The zero-order valence-electron chi connectivity index (χ0n) is 17.8. The summed E-state index contributed by atoms with van der Waals surface area (Å²) in [5, 5.41) is 9.71. The first-order chi connectivity index (χ1) is 13.2. The maximum atomic E-state index is 11.7. The van der Waals surface area contributed by atoms with Crippen molar-refractivity contribution in [3.05, 3.63) is 89.8 Å². The van der Waals surface area contributed by atoms with Gasteiger partial charge in [0.25, 0.3) is 0 Å². The highest BCUT2D eigenvalue weighted by atomic mass is 16.3. The standard InChI is InChI=1S/C19H18O2.3C2H6/c20-18(13-11-16-7-3-1-4-8-16)15-19(21)14-12-17-9-5-2-6-10-17;3*1-2/h1,3-5,7-15,20H,2,6H2;3*1-2H3/b13-11+,14-12+,18-15-;;;. The van der Waals surface area contributed by atoms with Crippen molar-refractivity contribution in [1.82, 2.24) is 0 Å². The van der Waals surface area contributed by atoms with Gasteiger partial charge in [-0.1, -0.05) is 102 Å². The Morgan fingerprint density at radius 3 is 2.07 bits per heavy atom. The lowest BCUT2D eigenvalue weighted by Gasteiger charge is -1.99. The van der Waals surface area contributed by atoms with Crippen molar-refractivity contribution >= 4 is 11.9 Å². The SMILES string of the molecule is CC.CC.CC.O=C(/C=C(O)/C=C/c1ccccc1)/C=C/C1=CCCC=C1. The van der Waals surface area contributed by atoms with Gasteiger partial charge in [-0.05, 0) is 36.1 Å². The summed E-state index contributed by atoms with van der Waals surface area (Å²) >= 11 is 0. The highest BCUT2D eigenvalue weighted by molar-refractivity contribution is 6.00. The number of ketones is 1. The largest absolute Gasteiger partial charge is 0.508 e. The summed E-state index contributed by atoms with van der Waals surface area (Å²) in [6, 6.07) is 9.61. The molecule has 0 spiro atoms. The second-order valence-corrected chi connectivity index (χ2v) is 4.73. The Balaban J connectivity index is 0. The van der Waals surface area contributed by atoms with Gasteiger partial charge >= 0.3 is 0 Å². The van der Waals surface area contributed by atoms with Gasteiger partial charge in [-0.25, -0.2) is 0 Å². The van der Waals surface area contributed by atoms with Gasteiger partial charge in [-0.2, -0.15) is 0 Å². The van der Waals surface area contributed by atoms with E-state index in [0.29, 0.717) is 0 Å². The number of hydrogen-bond donors (Lipinski definition) is 1. The van der Waals surface area contributed by atoms with Crippen molar-refractivity contribution in [1.29, 1.82) is 0 Å². The molecule has 0 bridgehead atoms. The first-order valence-corrected chi connectivity index (χ1v) is 9.96. The molecule has 2 nitrogen and oxygen atoms in total. The molecule has 0 aliphatic heterocycles. The van der Waals surface area contributed by atoms with Crippen LogP contribution in [0.4, 0.5) is 0 Å². The summed E-state index contributed by atoms with van der Waals surface area (Å²) in [5.74, 6) is -0.285. The topological polar surface area (TPSA) is 37.3 Å². The van der Waals surface area contributed by atoms with Gasteiger partial charge in [0.2, 0.25) is 0 Å². The summed E-state index contributed by atoms with van der Waals surface area (Å²) in [6.45, 7) is 12.0. The highest BCUT2D eigenvalue weighted by Crippen LogP contribution is 2.10. The van der Waals surface area contributed by atoms with Crippen LogP contribution >= 0.6 is 0 Å². The quantitative estimate of drug-likeness (QED) is 0.329. The monoisotopic (exact) mass is 368 g/mol. The Morgan fingerprint density at radius 2 is 1.52 bits per heavy atom. The maximum absolute atomic E-state index is 11.7. The van der Waals surface area contributed by atoms with E-state index in [-0.39, 0.29) is 11.5 Å². The zero-order chi connectivity index (χ0) is 20.9. The van der Waals surface area contributed by atoms with E-state index in [1.807, 2.05) is 78.0 Å². The molecule has 1 aliphatic rings. The molecule has 2 heteroatoms. The molecule has 1 aliphatic carbocycles. The van der Waals surface area contributed by atoms with Gasteiger partial charge < -0.3 is 5.11 Å². The Hall–Kier alpha value is -2.61. The molecular weight excluding hydrogens is 332 g/mol. The molecule has 0 radical (unpaired) electrons. The van der Waals surface area contributed by atoms with Crippen LogP contribution in [0.15, 0.2) is 84.2 Å². The molecule has 0 unspecified atom stereocenters. The summed E-state index contributed by atoms with van der Waals surface area (Å²) < 4.78 is 0. The molecule has 2 rings (SSSR count). The van der Waals surface area contributed by atoms with Crippen LogP contribution in [0.3, 0.4) is 0 Å². The van der Waals surface area contributed by atoms with Crippen molar-refractivity contribution in [3.8, 4) is 0 Å². The van der Waals surface area contributed by atoms with Crippen LogP contribution < -0.4 is 0 Å². The van der Waals surface area contributed by atoms with E-state index < -0.39 is 0 Å². The molecule has 1 N–H and O–H groups in total. The van der Waals surface area contributed by atoms with Crippen molar-refractivity contribution in [2.24, 2.45) is 0 Å². The molecule has 0 saturated heterocycles. The van der Waals surface area contributed by atoms with E-state index in [1.54, 1.807) is 12.2 Å². The number of carbonyl (C=O) groups excluding carboxylic acids is 1. The van der Waals surface area contributed by atoms with Gasteiger partial charge in [0.15, 0.2) is 5.78 Å². The van der Waals surface area contributed by atoms with Gasteiger partial charge in [-0.15, -0.1) is 0 Å². The molecule has 0 saturated carbocycles. The third-order valence-corrected chi connectivity index (χ3v) is 3.00. The van der Waals surface area contributed by atoms with Gasteiger partial charge in [0, 0.05) is 6.08 Å². The molecule has 0 aromatic heterocycles. The van der Waals surface area contributed by atoms with Crippen LogP contribution in [-0.4, -0.2) is 10.9 Å². The second-order valence-electron chi connectivity index (χ2n) is 4.73. The number of aliphatic hydroxyl groups is 1. The molecule has 148 valence electrons. The molecular formula is C25H36O2. The number of rotatable bonds is 5. The fourth-order valence-electron chi connectivity index (χ4n) is 1.92. The first kappa shape index (κ1) is 26.6. The van der Waals surface area contributed by atoms with E-state index >= 15 is 0 Å². The lowest BCUT2D eigenvalue weighted by molar-refractivity contribution is -0.110. The fraction of sp³-hybridized carbons (Fsp3) is 0.320. The van der Waals surface area contributed by atoms with E-state index in [4.69, 9.17) is 0 Å². The number of hydrogen-bond acceptors (Lipinski definition) is 2. The Bertz CT molecular complexity index is 630. The molecule has 0 amide bonds. The maximum Gasteiger partial charge on any atom is 0.182 e. The predicted molar refractivity (Wildman–Crippen MR) is 121 cm³/mol. The van der Waals surface area contributed by atoms with Crippen LogP contribution in [0.1, 0.15) is 59.9 Å². The smallest absolute Gasteiger partial charge is 0.182 e. The second kappa shape index (κ2) is 19.7. The van der Waals surface area contributed by atoms with E-state index in [1.165, 1.54) is 18.2 Å². The zero-order valence-corrected chi connectivity index (χ0v) is 17.8. The number of benzene rings is 1. The lowest BCUT2D eigenvalue weighted by Crippen LogP contribution is -1.89. The molecule has 0 atom stereocenters. The molecule has 0 fully saturated rings. The molecule has 1 aromatic rings. The first-order valence-electron chi connectivity index (χ1n) is 9.96. The third kappa shape index (κ3) is 14.3. The normalized spacial score (nSPS) is 12.8. The highest BCUT2D eigenvalue weighted by Gasteiger charge is 1.96. The van der Waals surface area contributed by atoms with Gasteiger partial charge in [-0.3, -0.25) is 4.79 Å². The minimum Gasteiger partial charge on any atom is -0.508 e. The molecule has 0 heterocycles. The predicted octanol–water partition coefficient (Wildman–Crippen LogP) is 7.62. The van der Waals surface area contributed by atoms with Gasteiger partial charge in [0.05, 0.1) is 0 Å². The van der Waals surface area contributed by atoms with Crippen LogP contribution in [0, 0.1) is 0 Å². The third-order valence-electron chi connectivity index (χ3n) is 3.00. The number of aliphatic hydroxyl groups excluding tert-OH is 1. The Kier molecular flexibility index (Phi) is 19.4. The summed E-state index contributed by atoms with van der Waals surface area (Å²) in [4.78, 5) is 11.7. The van der Waals surface area contributed by atoms with Gasteiger partial charge in [0.1, 0.15) is 5.76 Å². The minimum atomic E-state index is -0.231. The lowest BCUT2D eigenvalue weighted by atomic mass is 10.1. The minimum absolute atomic E-state index is 0.0540. The summed E-state index contributed by atoms with van der Waals surface area (Å²) in [7, 11) is 0. The van der Waals surface area contributed by atoms with Crippen LogP contribution in [-0.2, 0) is 4.79 Å². The Labute approximate surface area is 166 Å². The summed E-state index contributed by atoms with van der Waals surface area (Å²) in [5.41, 5.74) is 2.00. The molecule has 1 aromatic carbocycles. The molecule has 27 heavy (non-hydrogen) atoms. The van der Waals surface area contributed by atoms with E-state index in [0.717, 1.165) is 24.0 Å². The fourth-order valence-corrected chi connectivity index (χ4v) is 1.92. The van der Waals surface area contributed by atoms with Crippen LogP contribution in [0.5, 0.6) is 0 Å².